The Kier molecular flexibility index (Phi) is 6.45. The molecule has 1 saturated carbocycles. The molecule has 3 amide bonds. The SMILES string of the molecule is CCOC(=O)C1CCN(C(=O)c2cc3n(n2)CC(C)(C(=O)NC2CCCC2)N(C)C3=O)CC1. The number of nitrogens with one attached hydrogen (secondary N) is 1. The Labute approximate surface area is 193 Å². The van der Waals surface area contributed by atoms with E-state index < -0.39 is 5.54 Å². The molecule has 1 N–H and O–H groups in total. The number of hydrogen-bond donors (Lipinski definition) is 1. The van der Waals surface area contributed by atoms with E-state index in [9.17, 15) is 19.2 Å². The van der Waals surface area contributed by atoms with Gasteiger partial charge in [0.05, 0.1) is 19.1 Å². The molecule has 1 aromatic heterocycles. The number of carbonyl (C=O) groups excluding carboxylic acids is 4. The summed E-state index contributed by atoms with van der Waals surface area (Å²) in [5.74, 6) is -1.21. The second-order valence-corrected chi connectivity index (χ2v) is 9.48. The summed E-state index contributed by atoms with van der Waals surface area (Å²) in [5, 5.41) is 7.50. The number of hydrogen-bond acceptors (Lipinski definition) is 6. The Morgan fingerprint density at radius 2 is 1.85 bits per heavy atom. The fraction of sp³-hybridized carbons (Fsp3) is 0.696. The fourth-order valence-electron chi connectivity index (χ4n) is 4.98. The van der Waals surface area contributed by atoms with Crippen molar-refractivity contribution in [3.05, 3.63) is 17.5 Å². The molecule has 2 aliphatic heterocycles. The Balaban J connectivity index is 1.46. The molecule has 0 radical (unpaired) electrons. The van der Waals surface area contributed by atoms with Gasteiger partial charge >= 0.3 is 5.97 Å². The molecule has 0 aromatic carbocycles. The Hall–Kier alpha value is -2.91. The van der Waals surface area contributed by atoms with E-state index in [1.54, 1.807) is 25.8 Å². The number of carbonyl (C=O) groups is 4. The lowest BCUT2D eigenvalue weighted by Gasteiger charge is -2.41. The Morgan fingerprint density at radius 3 is 2.48 bits per heavy atom. The summed E-state index contributed by atoms with van der Waals surface area (Å²) in [7, 11) is 1.62. The summed E-state index contributed by atoms with van der Waals surface area (Å²) in [5.41, 5.74) is -0.605. The average Bonchev–Trinajstić information content (AvgIpc) is 3.47. The molecule has 0 bridgehead atoms. The van der Waals surface area contributed by atoms with Crippen LogP contribution >= 0.6 is 0 Å². The van der Waals surface area contributed by atoms with Crippen molar-refractivity contribution in [1.29, 1.82) is 0 Å². The molecule has 3 aliphatic rings. The van der Waals surface area contributed by atoms with Crippen LogP contribution in [0.4, 0.5) is 0 Å². The number of likely N-dealkylation sites (N-methyl/N-ethyl adjacent to an activating group) is 1. The van der Waals surface area contributed by atoms with E-state index in [4.69, 9.17) is 4.74 Å². The third-order valence-electron chi connectivity index (χ3n) is 7.30. The molecule has 10 nitrogen and oxygen atoms in total. The molecule has 0 spiro atoms. The standard InChI is InChI=1S/C23H33N5O5/c1-4-33-21(31)15-9-11-27(12-10-15)19(29)17-13-18-20(30)26(3)23(2,14-28(18)25-17)22(32)24-16-7-5-6-8-16/h13,15-16H,4-12,14H2,1-3H3,(H,24,32). The molecule has 180 valence electrons. The van der Waals surface area contributed by atoms with Crippen LogP contribution in [0.15, 0.2) is 6.07 Å². The first-order valence-corrected chi connectivity index (χ1v) is 11.9. The minimum atomic E-state index is -1.09. The fourth-order valence-corrected chi connectivity index (χ4v) is 4.98. The molecule has 1 aliphatic carbocycles. The summed E-state index contributed by atoms with van der Waals surface area (Å²) >= 11 is 0. The summed E-state index contributed by atoms with van der Waals surface area (Å²) in [6.07, 6.45) is 5.19. The number of ether oxygens (including phenoxy) is 1. The van der Waals surface area contributed by atoms with E-state index in [0.717, 1.165) is 25.7 Å². The van der Waals surface area contributed by atoms with E-state index in [1.165, 1.54) is 15.6 Å². The van der Waals surface area contributed by atoms with Crippen molar-refractivity contribution in [2.45, 2.75) is 70.5 Å². The molecule has 4 rings (SSSR count). The van der Waals surface area contributed by atoms with Crippen molar-refractivity contribution in [2.24, 2.45) is 5.92 Å². The number of nitrogens with zero attached hydrogens (tertiary/aromatic N) is 4. The van der Waals surface area contributed by atoms with Crippen LogP contribution in [0, 0.1) is 5.92 Å². The first-order chi connectivity index (χ1) is 15.7. The van der Waals surface area contributed by atoms with Gasteiger partial charge in [0.1, 0.15) is 11.2 Å². The van der Waals surface area contributed by atoms with E-state index in [1.807, 2.05) is 0 Å². The summed E-state index contributed by atoms with van der Waals surface area (Å²) in [6.45, 7) is 4.90. The number of rotatable bonds is 5. The van der Waals surface area contributed by atoms with Crippen molar-refractivity contribution < 1.29 is 23.9 Å². The molecule has 10 heteroatoms. The van der Waals surface area contributed by atoms with Gasteiger partial charge in [-0.25, -0.2) is 0 Å². The summed E-state index contributed by atoms with van der Waals surface area (Å²) < 4.78 is 6.57. The summed E-state index contributed by atoms with van der Waals surface area (Å²) in [4.78, 5) is 54.3. The van der Waals surface area contributed by atoms with Crippen LogP contribution in [0.3, 0.4) is 0 Å². The molecule has 1 unspecified atom stereocenters. The minimum Gasteiger partial charge on any atom is -0.466 e. The molecule has 1 atom stereocenters. The van der Waals surface area contributed by atoms with Crippen molar-refractivity contribution in [3.63, 3.8) is 0 Å². The minimum absolute atomic E-state index is 0.145. The normalized spacial score (nSPS) is 24.0. The second-order valence-electron chi connectivity index (χ2n) is 9.48. The van der Waals surface area contributed by atoms with E-state index in [2.05, 4.69) is 10.4 Å². The maximum absolute atomic E-state index is 13.1. The van der Waals surface area contributed by atoms with Crippen molar-refractivity contribution in [2.75, 3.05) is 26.7 Å². The maximum Gasteiger partial charge on any atom is 0.309 e. The highest BCUT2D eigenvalue weighted by atomic mass is 16.5. The number of amides is 3. The third-order valence-corrected chi connectivity index (χ3v) is 7.30. The highest BCUT2D eigenvalue weighted by molar-refractivity contribution is 6.01. The van der Waals surface area contributed by atoms with Gasteiger partial charge in [0, 0.05) is 32.2 Å². The van der Waals surface area contributed by atoms with Gasteiger partial charge in [-0.05, 0) is 39.5 Å². The van der Waals surface area contributed by atoms with Crippen LogP contribution in [-0.4, -0.2) is 81.6 Å². The average molecular weight is 460 g/mol. The Bertz CT molecular complexity index is 945. The van der Waals surface area contributed by atoms with Crippen molar-refractivity contribution in [3.8, 4) is 0 Å². The molecular weight excluding hydrogens is 426 g/mol. The van der Waals surface area contributed by atoms with E-state index in [-0.39, 0.29) is 47.9 Å². The van der Waals surface area contributed by atoms with Crippen LogP contribution in [0.2, 0.25) is 0 Å². The van der Waals surface area contributed by atoms with Gasteiger partial charge in [0.15, 0.2) is 5.69 Å². The zero-order valence-corrected chi connectivity index (χ0v) is 19.6. The lowest BCUT2D eigenvalue weighted by molar-refractivity contribution is -0.149. The topological polar surface area (TPSA) is 114 Å². The van der Waals surface area contributed by atoms with Gasteiger partial charge < -0.3 is 19.9 Å². The lowest BCUT2D eigenvalue weighted by Crippen LogP contribution is -2.63. The molecule has 33 heavy (non-hydrogen) atoms. The van der Waals surface area contributed by atoms with Crippen LogP contribution in [-0.2, 0) is 20.9 Å². The number of piperidine rings is 1. The number of aromatic nitrogens is 2. The quantitative estimate of drug-likeness (QED) is 0.662. The second kappa shape index (κ2) is 9.15. The predicted molar refractivity (Wildman–Crippen MR) is 118 cm³/mol. The molecule has 2 fully saturated rings. The molecule has 3 heterocycles. The highest BCUT2D eigenvalue weighted by Gasteiger charge is 2.47. The van der Waals surface area contributed by atoms with Crippen molar-refractivity contribution in [1.82, 2.24) is 24.9 Å². The van der Waals surface area contributed by atoms with Gasteiger partial charge in [-0.3, -0.25) is 23.9 Å². The monoisotopic (exact) mass is 459 g/mol. The summed E-state index contributed by atoms with van der Waals surface area (Å²) in [6, 6.07) is 1.65. The number of esters is 1. The lowest BCUT2D eigenvalue weighted by atomic mass is 9.95. The van der Waals surface area contributed by atoms with Gasteiger partial charge in [0.25, 0.3) is 11.8 Å². The predicted octanol–water partition coefficient (Wildman–Crippen LogP) is 1.20. The van der Waals surface area contributed by atoms with Crippen LogP contribution in [0.1, 0.15) is 73.3 Å². The molecule has 1 aromatic rings. The Morgan fingerprint density at radius 1 is 1.18 bits per heavy atom. The molecule has 1 saturated heterocycles. The van der Waals surface area contributed by atoms with Crippen LogP contribution in [0.5, 0.6) is 0 Å². The first-order valence-electron chi connectivity index (χ1n) is 11.9. The van der Waals surface area contributed by atoms with Gasteiger partial charge in [0.2, 0.25) is 5.91 Å². The van der Waals surface area contributed by atoms with Crippen LogP contribution < -0.4 is 5.32 Å². The zero-order chi connectivity index (χ0) is 23.8. The number of likely N-dealkylation sites (tertiary alicyclic amines) is 1. The maximum atomic E-state index is 13.1. The van der Waals surface area contributed by atoms with E-state index in [0.29, 0.717) is 38.2 Å². The molecular formula is C23H33N5O5. The van der Waals surface area contributed by atoms with Crippen LogP contribution in [0.25, 0.3) is 0 Å². The van der Waals surface area contributed by atoms with Gasteiger partial charge in [-0.1, -0.05) is 12.8 Å². The van der Waals surface area contributed by atoms with E-state index >= 15 is 0 Å². The van der Waals surface area contributed by atoms with Crippen molar-refractivity contribution >= 4 is 23.7 Å². The largest absolute Gasteiger partial charge is 0.466 e. The zero-order valence-electron chi connectivity index (χ0n) is 19.6. The van der Waals surface area contributed by atoms with Gasteiger partial charge in [-0.15, -0.1) is 0 Å². The third kappa shape index (κ3) is 4.35. The highest BCUT2D eigenvalue weighted by Crippen LogP contribution is 2.28. The smallest absolute Gasteiger partial charge is 0.309 e. The van der Waals surface area contributed by atoms with Gasteiger partial charge in [-0.2, -0.15) is 5.10 Å². The first kappa shape index (κ1) is 23.3. The number of fused-ring (bicyclic) bond motifs is 1.